The second-order valence-corrected chi connectivity index (χ2v) is 6.48. The molecule has 2 aliphatic rings. The number of rotatable bonds is 3. The zero-order chi connectivity index (χ0) is 18.3. The lowest BCUT2D eigenvalue weighted by Gasteiger charge is -2.14. The summed E-state index contributed by atoms with van der Waals surface area (Å²) in [6.07, 6.45) is 3.55. The van der Waals surface area contributed by atoms with Gasteiger partial charge < -0.3 is 10.3 Å². The number of aromatic nitrogens is 5. The maximum absolute atomic E-state index is 6.07. The Labute approximate surface area is 152 Å². The third kappa shape index (κ3) is 2.69. The van der Waals surface area contributed by atoms with Gasteiger partial charge in [0.05, 0.1) is 12.9 Å². The molecule has 0 radical (unpaired) electrons. The topological polar surface area (TPSA) is 82.5 Å². The maximum Gasteiger partial charge on any atom is 0.166 e. The van der Waals surface area contributed by atoms with E-state index in [1.165, 1.54) is 5.56 Å². The monoisotopic (exact) mass is 344 g/mol. The van der Waals surface area contributed by atoms with Crippen molar-refractivity contribution in [2.24, 2.45) is 0 Å². The Morgan fingerprint density at radius 1 is 0.962 bits per heavy atom. The minimum Gasteiger partial charge on any atom is -0.382 e. The fourth-order valence-electron chi connectivity index (χ4n) is 3.15. The number of nitrogen functional groups attached to an aromatic ring is 1. The average molecular weight is 344 g/mol. The number of pyridine rings is 1. The Morgan fingerprint density at radius 3 is 2.54 bits per heavy atom. The van der Waals surface area contributed by atoms with Gasteiger partial charge in [-0.15, -0.1) is 0 Å². The maximum atomic E-state index is 6.07. The zero-order valence-corrected chi connectivity index (χ0v) is 15.1. The summed E-state index contributed by atoms with van der Waals surface area (Å²) in [5.74, 6) is 1.80. The van der Waals surface area contributed by atoms with Crippen LogP contribution >= 0.6 is 0 Å². The highest BCUT2D eigenvalue weighted by Gasteiger charge is 2.21. The molecule has 0 atom stereocenters. The largest absolute Gasteiger partial charge is 0.382 e. The van der Waals surface area contributed by atoms with E-state index in [1.54, 1.807) is 6.33 Å². The molecule has 0 bridgehead atoms. The summed E-state index contributed by atoms with van der Waals surface area (Å²) >= 11 is 0. The van der Waals surface area contributed by atoms with Crippen molar-refractivity contribution in [2.75, 3.05) is 5.73 Å². The molecule has 130 valence electrons. The molecule has 0 aliphatic carbocycles. The lowest BCUT2D eigenvalue weighted by molar-refractivity contribution is 0.749. The number of fused-ring (bicyclic) bond motifs is 1. The molecule has 4 rings (SSSR count). The van der Waals surface area contributed by atoms with Gasteiger partial charge in [-0.25, -0.2) is 15.0 Å². The van der Waals surface area contributed by atoms with Crippen LogP contribution in [0.2, 0.25) is 0 Å². The first-order valence-corrected chi connectivity index (χ1v) is 8.50. The fraction of sp³-hybridized carbons (Fsp3) is 0.200. The minimum atomic E-state index is 0.392. The number of benzene rings is 1. The lowest BCUT2D eigenvalue weighted by Crippen LogP contribution is -2.11. The molecule has 0 unspecified atom stereocenters. The molecule has 2 aromatic rings. The van der Waals surface area contributed by atoms with Gasteiger partial charge in [0.2, 0.25) is 0 Å². The predicted molar refractivity (Wildman–Crippen MR) is 102 cm³/mol. The van der Waals surface area contributed by atoms with Crippen LogP contribution in [0.3, 0.4) is 0 Å². The molecule has 0 saturated heterocycles. The van der Waals surface area contributed by atoms with Gasteiger partial charge in [-0.2, -0.15) is 0 Å². The van der Waals surface area contributed by atoms with E-state index in [0.717, 1.165) is 28.2 Å². The van der Waals surface area contributed by atoms with E-state index in [1.807, 2.05) is 54.9 Å². The fourth-order valence-corrected chi connectivity index (χ4v) is 3.15. The standard InChI is InChI=1S/C20H20N6/c1-12-6-4-5-7-15(12)19-24-17-18(21)23-11-26(20(17)25-19)10-16-13(2)8-9-22-14(16)3/h4-9,11H,10,21H2,1-3H3. The van der Waals surface area contributed by atoms with Gasteiger partial charge in [-0.3, -0.25) is 4.98 Å². The van der Waals surface area contributed by atoms with Crippen LogP contribution in [0.1, 0.15) is 22.4 Å². The summed E-state index contributed by atoms with van der Waals surface area (Å²) in [4.78, 5) is 18.1. The van der Waals surface area contributed by atoms with E-state index in [9.17, 15) is 0 Å². The van der Waals surface area contributed by atoms with Gasteiger partial charge >= 0.3 is 0 Å². The molecule has 6 heteroatoms. The quantitative estimate of drug-likeness (QED) is 0.616. The molecule has 3 heterocycles. The highest BCUT2D eigenvalue weighted by atomic mass is 15.2. The van der Waals surface area contributed by atoms with Crippen molar-refractivity contribution in [2.45, 2.75) is 27.3 Å². The van der Waals surface area contributed by atoms with Crippen LogP contribution in [-0.2, 0) is 6.54 Å². The molecule has 1 aromatic carbocycles. The minimum absolute atomic E-state index is 0.392. The van der Waals surface area contributed by atoms with E-state index in [4.69, 9.17) is 10.7 Å². The van der Waals surface area contributed by atoms with Crippen LogP contribution in [-0.4, -0.2) is 24.5 Å². The molecule has 26 heavy (non-hydrogen) atoms. The zero-order valence-electron chi connectivity index (χ0n) is 15.1. The SMILES string of the molecule is Cc1ccccc1-c1nc2c(N)ncn(Cc3c(C)ccnc3C)c-2n1. The first-order valence-electron chi connectivity index (χ1n) is 8.50. The molecule has 0 spiro atoms. The van der Waals surface area contributed by atoms with Crippen LogP contribution in [0.25, 0.3) is 22.9 Å². The van der Waals surface area contributed by atoms with Crippen LogP contribution in [0, 0.1) is 20.8 Å². The Kier molecular flexibility index (Phi) is 3.88. The third-order valence-electron chi connectivity index (χ3n) is 4.71. The molecular formula is C20H20N6. The molecule has 0 fully saturated rings. The number of nitrogens with zero attached hydrogens (tertiary/aromatic N) is 5. The van der Waals surface area contributed by atoms with Crippen LogP contribution < -0.4 is 5.73 Å². The van der Waals surface area contributed by atoms with Crippen molar-refractivity contribution in [1.29, 1.82) is 0 Å². The second-order valence-electron chi connectivity index (χ2n) is 6.48. The molecular weight excluding hydrogens is 324 g/mol. The smallest absolute Gasteiger partial charge is 0.166 e. The van der Waals surface area contributed by atoms with Gasteiger partial charge in [0.15, 0.2) is 23.2 Å². The summed E-state index contributed by atoms with van der Waals surface area (Å²) in [6.45, 7) is 6.78. The number of hydrogen-bond donors (Lipinski definition) is 1. The van der Waals surface area contributed by atoms with Crippen molar-refractivity contribution in [1.82, 2.24) is 24.5 Å². The summed E-state index contributed by atoms with van der Waals surface area (Å²) in [5.41, 5.74) is 12.2. The molecule has 1 aromatic heterocycles. The van der Waals surface area contributed by atoms with Crippen molar-refractivity contribution in [3.05, 3.63) is 65.2 Å². The van der Waals surface area contributed by atoms with Gasteiger partial charge in [-0.05, 0) is 43.5 Å². The normalized spacial score (nSPS) is 11.2. The van der Waals surface area contributed by atoms with Crippen molar-refractivity contribution in [3.63, 3.8) is 0 Å². The Bertz CT molecular complexity index is 1050. The number of imidazole rings is 1. The Balaban J connectivity index is 1.85. The van der Waals surface area contributed by atoms with Gasteiger partial charge in [0.25, 0.3) is 0 Å². The van der Waals surface area contributed by atoms with E-state index in [2.05, 4.69) is 21.9 Å². The number of hydrogen-bond acceptors (Lipinski definition) is 5. The average Bonchev–Trinajstić information content (AvgIpc) is 3.07. The van der Waals surface area contributed by atoms with Crippen molar-refractivity contribution >= 4 is 5.82 Å². The van der Waals surface area contributed by atoms with Crippen molar-refractivity contribution in [3.8, 4) is 22.9 Å². The molecule has 2 N–H and O–H groups in total. The predicted octanol–water partition coefficient (Wildman–Crippen LogP) is 3.40. The molecule has 6 nitrogen and oxygen atoms in total. The number of nitrogens with two attached hydrogens (primary N) is 1. The van der Waals surface area contributed by atoms with Gasteiger partial charge in [-0.1, -0.05) is 24.3 Å². The van der Waals surface area contributed by atoms with Crippen molar-refractivity contribution < 1.29 is 0 Å². The van der Waals surface area contributed by atoms with E-state index in [-0.39, 0.29) is 0 Å². The molecule has 0 amide bonds. The van der Waals surface area contributed by atoms with Crippen LogP contribution in [0.5, 0.6) is 0 Å². The molecule has 0 saturated carbocycles. The first-order chi connectivity index (χ1) is 12.5. The first kappa shape index (κ1) is 16.2. The highest BCUT2D eigenvalue weighted by molar-refractivity contribution is 5.72. The van der Waals surface area contributed by atoms with Crippen LogP contribution in [0.4, 0.5) is 5.82 Å². The summed E-state index contributed by atoms with van der Waals surface area (Å²) in [6, 6.07) is 10.1. The van der Waals surface area contributed by atoms with Crippen LogP contribution in [0.15, 0.2) is 42.9 Å². The number of anilines is 1. The van der Waals surface area contributed by atoms with E-state index < -0.39 is 0 Å². The van der Waals surface area contributed by atoms with Gasteiger partial charge in [0.1, 0.15) is 0 Å². The summed E-state index contributed by atoms with van der Waals surface area (Å²) < 4.78 is 1.98. The van der Waals surface area contributed by atoms with E-state index >= 15 is 0 Å². The summed E-state index contributed by atoms with van der Waals surface area (Å²) in [7, 11) is 0. The Morgan fingerprint density at radius 2 is 1.77 bits per heavy atom. The highest BCUT2D eigenvalue weighted by Crippen LogP contribution is 2.30. The lowest BCUT2D eigenvalue weighted by atomic mass is 10.1. The van der Waals surface area contributed by atoms with E-state index in [0.29, 0.717) is 23.9 Å². The second kappa shape index (κ2) is 6.22. The molecule has 2 aliphatic heterocycles. The summed E-state index contributed by atoms with van der Waals surface area (Å²) in [5, 5.41) is 0. The number of aryl methyl sites for hydroxylation is 3. The third-order valence-corrected chi connectivity index (χ3v) is 4.71. The Hall–Kier alpha value is -3.28. The van der Waals surface area contributed by atoms with Gasteiger partial charge in [0, 0.05) is 17.5 Å².